The van der Waals surface area contributed by atoms with Crippen LogP contribution in [0.25, 0.3) is 0 Å². The molecule has 2 rings (SSSR count). The Bertz CT molecular complexity index is 476. The summed E-state index contributed by atoms with van der Waals surface area (Å²) in [5, 5.41) is 2.75. The first-order chi connectivity index (χ1) is 9.11. The van der Waals surface area contributed by atoms with Gasteiger partial charge >= 0.3 is 6.03 Å². The molecule has 1 aromatic carbocycles. The molecule has 0 aromatic heterocycles. The summed E-state index contributed by atoms with van der Waals surface area (Å²) in [6.45, 7) is 6.28. The maximum Gasteiger partial charge on any atom is 0.317 e. The first-order valence-corrected chi connectivity index (χ1v) is 6.34. The molecule has 0 spiro atoms. The molecule has 2 amide bonds. The molecule has 0 atom stereocenters. The molecule has 5 heteroatoms. The standard InChI is InChI=1S/C14H18N2O3/c1-10-7-12(9-17)8-11(2)13(10)19-6-5-16-4-3-15-14(16)18/h7-9H,3-6H2,1-2H3,(H,15,18). The van der Waals surface area contributed by atoms with Gasteiger partial charge in [-0.15, -0.1) is 0 Å². The molecule has 0 radical (unpaired) electrons. The highest BCUT2D eigenvalue weighted by molar-refractivity contribution is 5.76. The fourth-order valence-electron chi connectivity index (χ4n) is 2.26. The monoisotopic (exact) mass is 262 g/mol. The van der Waals surface area contributed by atoms with Crippen LogP contribution in [0.2, 0.25) is 0 Å². The number of rotatable bonds is 5. The summed E-state index contributed by atoms with van der Waals surface area (Å²) in [5.74, 6) is 0.796. The molecular formula is C14H18N2O3. The predicted molar refractivity (Wildman–Crippen MR) is 71.8 cm³/mol. The summed E-state index contributed by atoms with van der Waals surface area (Å²) in [7, 11) is 0. The first-order valence-electron chi connectivity index (χ1n) is 6.34. The number of aldehydes is 1. The van der Waals surface area contributed by atoms with Gasteiger partial charge in [0.05, 0.1) is 6.54 Å². The highest BCUT2D eigenvalue weighted by atomic mass is 16.5. The van der Waals surface area contributed by atoms with Crippen molar-refractivity contribution < 1.29 is 14.3 Å². The van der Waals surface area contributed by atoms with Gasteiger partial charge in [-0.1, -0.05) is 0 Å². The minimum Gasteiger partial charge on any atom is -0.491 e. The van der Waals surface area contributed by atoms with E-state index in [2.05, 4.69) is 5.32 Å². The highest BCUT2D eigenvalue weighted by Gasteiger charge is 2.18. The van der Waals surface area contributed by atoms with E-state index < -0.39 is 0 Å². The number of carbonyl (C=O) groups excluding carboxylic acids is 2. The number of aryl methyl sites for hydroxylation is 2. The second-order valence-corrected chi connectivity index (χ2v) is 4.67. The van der Waals surface area contributed by atoms with Crippen molar-refractivity contribution in [2.24, 2.45) is 0 Å². The summed E-state index contributed by atoms with van der Waals surface area (Å²) in [6, 6.07) is 3.57. The highest BCUT2D eigenvalue weighted by Crippen LogP contribution is 2.24. The van der Waals surface area contributed by atoms with Crippen LogP contribution in [0.15, 0.2) is 12.1 Å². The van der Waals surface area contributed by atoms with E-state index in [1.165, 1.54) is 0 Å². The molecule has 1 heterocycles. The van der Waals surface area contributed by atoms with Crippen LogP contribution in [0, 0.1) is 13.8 Å². The predicted octanol–water partition coefficient (Wildman–Crippen LogP) is 1.52. The van der Waals surface area contributed by atoms with E-state index in [9.17, 15) is 9.59 Å². The molecule has 1 aromatic rings. The second kappa shape index (κ2) is 5.73. The lowest BCUT2D eigenvalue weighted by atomic mass is 10.1. The molecule has 0 bridgehead atoms. The van der Waals surface area contributed by atoms with E-state index in [0.717, 1.165) is 29.7 Å². The number of benzene rings is 1. The lowest BCUT2D eigenvalue weighted by Gasteiger charge is -2.17. The van der Waals surface area contributed by atoms with Crippen LogP contribution in [-0.4, -0.2) is 43.5 Å². The summed E-state index contributed by atoms with van der Waals surface area (Å²) in [6.07, 6.45) is 0.832. The van der Waals surface area contributed by atoms with Crippen molar-refractivity contribution in [1.82, 2.24) is 10.2 Å². The van der Waals surface area contributed by atoms with Gasteiger partial charge in [0.2, 0.25) is 0 Å². The van der Waals surface area contributed by atoms with E-state index in [1.807, 2.05) is 13.8 Å². The van der Waals surface area contributed by atoms with Crippen molar-refractivity contribution in [3.05, 3.63) is 28.8 Å². The lowest BCUT2D eigenvalue weighted by molar-refractivity contribution is 0.112. The number of urea groups is 1. The zero-order chi connectivity index (χ0) is 13.8. The molecule has 1 aliphatic heterocycles. The summed E-state index contributed by atoms with van der Waals surface area (Å²) < 4.78 is 5.74. The Labute approximate surface area is 112 Å². The van der Waals surface area contributed by atoms with Crippen molar-refractivity contribution in [3.8, 4) is 5.75 Å². The van der Waals surface area contributed by atoms with E-state index in [4.69, 9.17) is 4.74 Å². The Hall–Kier alpha value is -2.04. The molecule has 1 N–H and O–H groups in total. The Morgan fingerprint density at radius 1 is 1.37 bits per heavy atom. The SMILES string of the molecule is Cc1cc(C=O)cc(C)c1OCCN1CCNC1=O. The van der Waals surface area contributed by atoms with E-state index in [-0.39, 0.29) is 6.03 Å². The van der Waals surface area contributed by atoms with Gasteiger partial charge in [0.25, 0.3) is 0 Å². The van der Waals surface area contributed by atoms with Crippen LogP contribution in [0.1, 0.15) is 21.5 Å². The normalized spacial score (nSPS) is 14.4. The van der Waals surface area contributed by atoms with Crippen LogP contribution in [-0.2, 0) is 0 Å². The molecule has 0 aliphatic carbocycles. The smallest absolute Gasteiger partial charge is 0.317 e. The Balaban J connectivity index is 1.96. The van der Waals surface area contributed by atoms with E-state index in [1.54, 1.807) is 17.0 Å². The number of nitrogens with one attached hydrogen (secondary N) is 1. The second-order valence-electron chi connectivity index (χ2n) is 4.67. The molecule has 0 unspecified atom stereocenters. The Kier molecular flexibility index (Phi) is 4.04. The van der Waals surface area contributed by atoms with Crippen molar-refractivity contribution in [3.63, 3.8) is 0 Å². The number of carbonyl (C=O) groups is 2. The van der Waals surface area contributed by atoms with Crippen molar-refractivity contribution >= 4 is 12.3 Å². The third-order valence-corrected chi connectivity index (χ3v) is 3.17. The minimum absolute atomic E-state index is 0.0339. The van der Waals surface area contributed by atoms with Crippen LogP contribution in [0.3, 0.4) is 0 Å². The zero-order valence-corrected chi connectivity index (χ0v) is 11.2. The molecular weight excluding hydrogens is 244 g/mol. The minimum atomic E-state index is -0.0339. The summed E-state index contributed by atoms with van der Waals surface area (Å²) in [4.78, 5) is 23.8. The van der Waals surface area contributed by atoms with Crippen molar-refractivity contribution in [1.29, 1.82) is 0 Å². The third-order valence-electron chi connectivity index (χ3n) is 3.17. The molecule has 1 fully saturated rings. The van der Waals surface area contributed by atoms with Crippen LogP contribution >= 0.6 is 0 Å². The molecule has 1 aliphatic rings. The number of nitrogens with zero attached hydrogens (tertiary/aromatic N) is 1. The maximum absolute atomic E-state index is 11.4. The first kappa shape index (κ1) is 13.4. The topological polar surface area (TPSA) is 58.6 Å². The largest absolute Gasteiger partial charge is 0.491 e. The summed E-state index contributed by atoms with van der Waals surface area (Å²) >= 11 is 0. The average Bonchev–Trinajstić information content (AvgIpc) is 2.78. The van der Waals surface area contributed by atoms with E-state index >= 15 is 0 Å². The zero-order valence-electron chi connectivity index (χ0n) is 11.2. The van der Waals surface area contributed by atoms with Crippen LogP contribution in [0.5, 0.6) is 5.75 Å². The lowest BCUT2D eigenvalue weighted by Crippen LogP contribution is -2.32. The van der Waals surface area contributed by atoms with Crippen molar-refractivity contribution in [2.75, 3.05) is 26.2 Å². The van der Waals surface area contributed by atoms with E-state index in [0.29, 0.717) is 25.3 Å². The van der Waals surface area contributed by atoms with Gasteiger partial charge in [0.1, 0.15) is 18.6 Å². The quantitative estimate of drug-likeness (QED) is 0.818. The van der Waals surface area contributed by atoms with Gasteiger partial charge in [0, 0.05) is 18.7 Å². The maximum atomic E-state index is 11.4. The molecule has 5 nitrogen and oxygen atoms in total. The summed E-state index contributed by atoms with van der Waals surface area (Å²) in [5.41, 5.74) is 2.53. The fourth-order valence-corrected chi connectivity index (χ4v) is 2.26. The van der Waals surface area contributed by atoms with Crippen LogP contribution < -0.4 is 10.1 Å². The molecule has 102 valence electrons. The number of amides is 2. The molecule has 1 saturated heterocycles. The van der Waals surface area contributed by atoms with Gasteiger partial charge in [-0.25, -0.2) is 4.79 Å². The number of hydrogen-bond donors (Lipinski definition) is 1. The molecule has 19 heavy (non-hydrogen) atoms. The van der Waals surface area contributed by atoms with Gasteiger partial charge in [0.15, 0.2) is 0 Å². The number of hydrogen-bond acceptors (Lipinski definition) is 3. The van der Waals surface area contributed by atoms with Gasteiger partial charge in [-0.05, 0) is 37.1 Å². The Morgan fingerprint density at radius 3 is 2.58 bits per heavy atom. The van der Waals surface area contributed by atoms with Gasteiger partial charge in [-0.3, -0.25) is 4.79 Å². The average molecular weight is 262 g/mol. The Morgan fingerprint density at radius 2 is 2.05 bits per heavy atom. The fraction of sp³-hybridized carbons (Fsp3) is 0.429. The molecule has 0 saturated carbocycles. The van der Waals surface area contributed by atoms with Crippen LogP contribution in [0.4, 0.5) is 4.79 Å². The van der Waals surface area contributed by atoms with Gasteiger partial charge < -0.3 is 15.0 Å². The number of ether oxygens (including phenoxy) is 1. The van der Waals surface area contributed by atoms with Crippen molar-refractivity contribution in [2.45, 2.75) is 13.8 Å². The third kappa shape index (κ3) is 3.05. The van der Waals surface area contributed by atoms with Gasteiger partial charge in [-0.2, -0.15) is 0 Å².